The van der Waals surface area contributed by atoms with Crippen LogP contribution in [0.3, 0.4) is 0 Å². The number of imide groups is 1. The number of carbonyl (C=O) groups is 2. The smallest absolute Gasteiger partial charge is 0.321 e. The van der Waals surface area contributed by atoms with Crippen molar-refractivity contribution < 1.29 is 14.3 Å². The molecule has 32 heavy (non-hydrogen) atoms. The van der Waals surface area contributed by atoms with Crippen LogP contribution in [-0.2, 0) is 17.6 Å². The summed E-state index contributed by atoms with van der Waals surface area (Å²) in [6, 6.07) is 6.58. The van der Waals surface area contributed by atoms with E-state index in [1.807, 2.05) is 0 Å². The van der Waals surface area contributed by atoms with Gasteiger partial charge in [0.25, 0.3) is 5.56 Å². The molecule has 0 spiro atoms. The lowest BCUT2D eigenvalue weighted by Crippen LogP contribution is -2.41. The molecule has 10 heteroatoms. The molecule has 0 fully saturated rings. The topological polar surface area (TPSA) is 102 Å². The van der Waals surface area contributed by atoms with E-state index >= 15 is 0 Å². The van der Waals surface area contributed by atoms with Crippen molar-refractivity contribution in [1.29, 1.82) is 0 Å². The number of methoxy groups -OCH3 is 1. The van der Waals surface area contributed by atoms with E-state index in [0.29, 0.717) is 26.8 Å². The first-order chi connectivity index (χ1) is 15.4. The van der Waals surface area contributed by atoms with Crippen LogP contribution >= 0.6 is 23.1 Å². The van der Waals surface area contributed by atoms with E-state index < -0.39 is 17.2 Å². The van der Waals surface area contributed by atoms with Crippen molar-refractivity contribution >= 4 is 45.3 Å². The van der Waals surface area contributed by atoms with Gasteiger partial charge in [-0.05, 0) is 62.4 Å². The lowest BCUT2D eigenvalue weighted by Gasteiger charge is -2.16. The lowest BCUT2D eigenvalue weighted by molar-refractivity contribution is -0.119. The van der Waals surface area contributed by atoms with Crippen LogP contribution in [0.15, 0.2) is 34.2 Å². The molecule has 0 bridgehead atoms. The molecule has 2 heterocycles. The number of hydrogen-bond donors (Lipinski definition) is 2. The van der Waals surface area contributed by atoms with Gasteiger partial charge in [0.15, 0.2) is 5.16 Å². The Morgan fingerprint density at radius 1 is 1.22 bits per heavy atom. The van der Waals surface area contributed by atoms with E-state index in [0.717, 1.165) is 43.0 Å². The van der Waals surface area contributed by atoms with E-state index in [1.165, 1.54) is 11.9 Å². The van der Waals surface area contributed by atoms with Crippen LogP contribution in [0.25, 0.3) is 15.9 Å². The second kappa shape index (κ2) is 9.33. The lowest BCUT2D eigenvalue weighted by atomic mass is 9.97. The molecule has 4 rings (SSSR count). The molecule has 3 amide bonds. The van der Waals surface area contributed by atoms with E-state index in [2.05, 4.69) is 10.6 Å². The number of benzene rings is 1. The van der Waals surface area contributed by atoms with Gasteiger partial charge in [0, 0.05) is 11.9 Å². The Balaban J connectivity index is 1.83. The van der Waals surface area contributed by atoms with Crippen molar-refractivity contribution in [3.05, 3.63) is 45.1 Å². The van der Waals surface area contributed by atoms with Gasteiger partial charge in [-0.25, -0.2) is 9.78 Å². The fourth-order valence-corrected chi connectivity index (χ4v) is 5.94. The highest BCUT2D eigenvalue weighted by molar-refractivity contribution is 8.00. The summed E-state index contributed by atoms with van der Waals surface area (Å²) in [5, 5.41) is 5.08. The van der Waals surface area contributed by atoms with E-state index in [1.54, 1.807) is 54.2 Å². The molecule has 0 saturated carbocycles. The molecule has 2 aromatic heterocycles. The Bertz CT molecular complexity index is 1230. The van der Waals surface area contributed by atoms with Crippen molar-refractivity contribution in [2.75, 3.05) is 14.2 Å². The zero-order chi connectivity index (χ0) is 22.8. The highest BCUT2D eigenvalue weighted by Gasteiger charge is 2.25. The summed E-state index contributed by atoms with van der Waals surface area (Å²) in [6.45, 7) is 1.68. The molecule has 2 N–H and O–H groups in total. The summed E-state index contributed by atoms with van der Waals surface area (Å²) >= 11 is 2.71. The third kappa shape index (κ3) is 4.24. The molecule has 1 unspecified atom stereocenters. The molecule has 3 aromatic rings. The number of rotatable bonds is 5. The van der Waals surface area contributed by atoms with Gasteiger partial charge >= 0.3 is 6.03 Å². The molecular formula is C22H24N4O4S2. The maximum atomic E-state index is 13.7. The first kappa shape index (κ1) is 22.3. The van der Waals surface area contributed by atoms with Gasteiger partial charge in [-0.2, -0.15) is 0 Å². The van der Waals surface area contributed by atoms with Crippen molar-refractivity contribution in [3.63, 3.8) is 0 Å². The number of thiophene rings is 1. The molecular weight excluding hydrogens is 448 g/mol. The van der Waals surface area contributed by atoms with E-state index in [4.69, 9.17) is 9.72 Å². The van der Waals surface area contributed by atoms with Crippen molar-refractivity contribution in [2.24, 2.45) is 0 Å². The predicted octanol–water partition coefficient (Wildman–Crippen LogP) is 3.27. The van der Waals surface area contributed by atoms with Gasteiger partial charge in [0.05, 0.1) is 23.4 Å². The third-order valence-electron chi connectivity index (χ3n) is 5.40. The molecule has 8 nitrogen and oxygen atoms in total. The Labute approximate surface area is 193 Å². The number of amides is 3. The van der Waals surface area contributed by atoms with Crippen LogP contribution in [0.1, 0.15) is 30.2 Å². The van der Waals surface area contributed by atoms with Gasteiger partial charge in [0.2, 0.25) is 5.91 Å². The van der Waals surface area contributed by atoms with Gasteiger partial charge < -0.3 is 10.1 Å². The molecule has 1 aliphatic carbocycles. The number of nitrogens with zero attached hydrogens (tertiary/aromatic N) is 2. The normalized spacial score (nSPS) is 14.0. The average molecular weight is 473 g/mol. The van der Waals surface area contributed by atoms with Crippen molar-refractivity contribution in [3.8, 4) is 11.4 Å². The van der Waals surface area contributed by atoms with Crippen LogP contribution in [-0.4, -0.2) is 40.9 Å². The third-order valence-corrected chi connectivity index (χ3v) is 7.64. The quantitative estimate of drug-likeness (QED) is 0.437. The molecule has 168 valence electrons. The second-order valence-corrected chi connectivity index (χ2v) is 9.84. The number of aryl methyl sites for hydroxylation is 2. The SMILES string of the molecule is CNC(=O)NC(=O)C(C)Sc1nc2sc3c(c2c(=O)n1-c1ccc(OC)cc1)CCCC3. The first-order valence-electron chi connectivity index (χ1n) is 10.3. The fourth-order valence-electron chi connectivity index (χ4n) is 3.71. The summed E-state index contributed by atoms with van der Waals surface area (Å²) in [6.07, 6.45) is 4.02. The largest absolute Gasteiger partial charge is 0.497 e. The molecule has 1 aliphatic rings. The van der Waals surface area contributed by atoms with E-state index in [-0.39, 0.29) is 5.56 Å². The highest BCUT2D eigenvalue weighted by Crippen LogP contribution is 2.36. The monoisotopic (exact) mass is 472 g/mol. The van der Waals surface area contributed by atoms with Crippen LogP contribution < -0.4 is 20.9 Å². The van der Waals surface area contributed by atoms with Gasteiger partial charge in [-0.3, -0.25) is 19.5 Å². The zero-order valence-corrected chi connectivity index (χ0v) is 19.7. The Kier molecular flexibility index (Phi) is 6.52. The number of ether oxygens (including phenoxy) is 1. The van der Waals surface area contributed by atoms with Crippen LogP contribution in [0.4, 0.5) is 4.79 Å². The summed E-state index contributed by atoms with van der Waals surface area (Å²) in [4.78, 5) is 44.4. The van der Waals surface area contributed by atoms with Crippen molar-refractivity contribution in [2.45, 2.75) is 43.0 Å². The van der Waals surface area contributed by atoms with Crippen LogP contribution in [0.5, 0.6) is 5.75 Å². The Morgan fingerprint density at radius 3 is 2.62 bits per heavy atom. The van der Waals surface area contributed by atoms with Crippen LogP contribution in [0, 0.1) is 0 Å². The minimum atomic E-state index is -0.643. The first-order valence-corrected chi connectivity index (χ1v) is 12.0. The molecule has 0 saturated heterocycles. The number of carbonyl (C=O) groups excluding carboxylic acids is 2. The fraction of sp³-hybridized carbons (Fsp3) is 0.364. The standard InChI is InChI=1S/C22H24N4O4S2/c1-12(18(27)24-21(29)23-2)31-22-25-19-17(15-6-4-5-7-16(15)32-19)20(28)26(22)13-8-10-14(30-3)11-9-13/h8-12H,4-7H2,1-3H3,(H2,23,24,27,29). The number of aromatic nitrogens is 2. The zero-order valence-electron chi connectivity index (χ0n) is 18.1. The minimum absolute atomic E-state index is 0.138. The summed E-state index contributed by atoms with van der Waals surface area (Å²) in [5.74, 6) is 0.215. The maximum Gasteiger partial charge on any atom is 0.321 e. The van der Waals surface area contributed by atoms with Gasteiger partial charge in [-0.1, -0.05) is 11.8 Å². The molecule has 1 aromatic carbocycles. The number of nitrogens with one attached hydrogen (secondary N) is 2. The van der Waals surface area contributed by atoms with Gasteiger partial charge in [-0.15, -0.1) is 11.3 Å². The van der Waals surface area contributed by atoms with Crippen molar-refractivity contribution in [1.82, 2.24) is 20.2 Å². The number of hydrogen-bond acceptors (Lipinski definition) is 7. The summed E-state index contributed by atoms with van der Waals surface area (Å²) in [5.41, 5.74) is 1.61. The molecule has 1 atom stereocenters. The Hall–Kier alpha value is -2.85. The average Bonchev–Trinajstić information content (AvgIpc) is 3.17. The van der Waals surface area contributed by atoms with Gasteiger partial charge in [0.1, 0.15) is 10.6 Å². The maximum absolute atomic E-state index is 13.7. The number of thioether (sulfide) groups is 1. The number of urea groups is 1. The minimum Gasteiger partial charge on any atom is -0.497 e. The molecule has 0 aliphatic heterocycles. The van der Waals surface area contributed by atoms with E-state index in [9.17, 15) is 14.4 Å². The Morgan fingerprint density at radius 2 is 1.94 bits per heavy atom. The summed E-state index contributed by atoms with van der Waals surface area (Å²) < 4.78 is 6.80. The highest BCUT2D eigenvalue weighted by atomic mass is 32.2. The van der Waals surface area contributed by atoms with Crippen LogP contribution in [0.2, 0.25) is 0 Å². The molecule has 0 radical (unpaired) electrons. The number of fused-ring (bicyclic) bond motifs is 3. The summed E-state index contributed by atoms with van der Waals surface area (Å²) in [7, 11) is 3.02. The predicted molar refractivity (Wildman–Crippen MR) is 126 cm³/mol. The second-order valence-electron chi connectivity index (χ2n) is 7.45.